The first-order valence-corrected chi connectivity index (χ1v) is 6.13. The van der Waals surface area contributed by atoms with Gasteiger partial charge in [0.1, 0.15) is 11.6 Å². The van der Waals surface area contributed by atoms with Gasteiger partial charge in [-0.3, -0.25) is 4.79 Å². The molecule has 0 aliphatic heterocycles. The molecule has 5 heteroatoms. The molecule has 2 aromatic carbocycles. The van der Waals surface area contributed by atoms with E-state index in [1.807, 2.05) is 13.0 Å². The Bertz CT molecular complexity index is 642. The summed E-state index contributed by atoms with van der Waals surface area (Å²) in [4.78, 5) is 12.0. The number of aromatic hydroxyl groups is 1. The minimum absolute atomic E-state index is 0.0117. The Morgan fingerprint density at radius 3 is 2.70 bits per heavy atom. The Kier molecular flexibility index (Phi) is 4.00. The first-order valence-electron chi connectivity index (χ1n) is 6.13. The average molecular weight is 274 g/mol. The average Bonchev–Trinajstić information content (AvgIpc) is 2.38. The number of hydrogen-bond acceptors (Lipinski definition) is 3. The van der Waals surface area contributed by atoms with Crippen LogP contribution in [0.25, 0.3) is 0 Å². The van der Waals surface area contributed by atoms with Gasteiger partial charge in [-0.25, -0.2) is 4.39 Å². The van der Waals surface area contributed by atoms with Gasteiger partial charge < -0.3 is 16.2 Å². The van der Waals surface area contributed by atoms with Crippen LogP contribution in [0.15, 0.2) is 42.5 Å². The van der Waals surface area contributed by atoms with Crippen LogP contribution in [-0.4, -0.2) is 11.0 Å². The highest BCUT2D eigenvalue weighted by atomic mass is 19.1. The highest BCUT2D eigenvalue weighted by molar-refractivity contribution is 6.06. The third-order valence-electron chi connectivity index (χ3n) is 2.87. The molecule has 0 saturated carbocycles. The summed E-state index contributed by atoms with van der Waals surface area (Å²) in [6, 6.07) is 10.2. The second-order valence-corrected chi connectivity index (χ2v) is 4.53. The lowest BCUT2D eigenvalue weighted by atomic mass is 10.1. The molecule has 1 amide bonds. The Balaban J connectivity index is 2.21. The predicted octanol–water partition coefficient (Wildman–Crippen LogP) is 2.80. The molecule has 1 unspecified atom stereocenters. The van der Waals surface area contributed by atoms with Crippen LogP contribution in [0, 0.1) is 5.82 Å². The molecule has 0 heterocycles. The van der Waals surface area contributed by atoms with E-state index in [-0.39, 0.29) is 11.6 Å². The van der Waals surface area contributed by atoms with Gasteiger partial charge in [0.25, 0.3) is 5.91 Å². The standard InChI is InChI=1S/C15H15FN2O2/c1-9(17)10-3-2-4-12(7-10)18-15(20)13-6-5-11(16)8-14(13)19/h2-9,19H,17H2,1H3,(H,18,20). The third-order valence-corrected chi connectivity index (χ3v) is 2.87. The van der Waals surface area contributed by atoms with Gasteiger partial charge in [0, 0.05) is 17.8 Å². The van der Waals surface area contributed by atoms with Gasteiger partial charge in [-0.15, -0.1) is 0 Å². The van der Waals surface area contributed by atoms with E-state index in [1.54, 1.807) is 18.2 Å². The molecular formula is C15H15FN2O2. The molecule has 0 aromatic heterocycles. The smallest absolute Gasteiger partial charge is 0.259 e. The summed E-state index contributed by atoms with van der Waals surface area (Å²) >= 11 is 0. The number of carbonyl (C=O) groups is 1. The first kappa shape index (κ1) is 14.0. The molecular weight excluding hydrogens is 259 g/mol. The van der Waals surface area contributed by atoms with Crippen LogP contribution in [0.4, 0.5) is 10.1 Å². The first-order chi connectivity index (χ1) is 9.47. The summed E-state index contributed by atoms with van der Waals surface area (Å²) in [6.07, 6.45) is 0. The number of phenolic OH excluding ortho intramolecular Hbond substituents is 1. The van der Waals surface area contributed by atoms with Crippen molar-refractivity contribution >= 4 is 11.6 Å². The number of nitrogens with one attached hydrogen (secondary N) is 1. The topological polar surface area (TPSA) is 75.3 Å². The Hall–Kier alpha value is -2.40. The normalized spacial score (nSPS) is 11.9. The van der Waals surface area contributed by atoms with Crippen LogP contribution in [0.2, 0.25) is 0 Å². The van der Waals surface area contributed by atoms with Gasteiger partial charge in [0.15, 0.2) is 0 Å². The number of anilines is 1. The third kappa shape index (κ3) is 3.13. The van der Waals surface area contributed by atoms with E-state index in [1.165, 1.54) is 6.07 Å². The summed E-state index contributed by atoms with van der Waals surface area (Å²) in [6.45, 7) is 1.84. The Labute approximate surface area is 116 Å². The van der Waals surface area contributed by atoms with E-state index in [0.29, 0.717) is 5.69 Å². The highest BCUT2D eigenvalue weighted by Crippen LogP contribution is 2.21. The van der Waals surface area contributed by atoms with Crippen molar-refractivity contribution in [2.24, 2.45) is 5.73 Å². The maximum absolute atomic E-state index is 12.9. The Morgan fingerprint density at radius 2 is 2.05 bits per heavy atom. The number of benzene rings is 2. The lowest BCUT2D eigenvalue weighted by Crippen LogP contribution is -2.13. The van der Waals surface area contributed by atoms with E-state index in [9.17, 15) is 14.3 Å². The van der Waals surface area contributed by atoms with Crippen molar-refractivity contribution in [1.29, 1.82) is 0 Å². The SMILES string of the molecule is CC(N)c1cccc(NC(=O)c2ccc(F)cc2O)c1. The minimum Gasteiger partial charge on any atom is -0.507 e. The van der Waals surface area contributed by atoms with Crippen LogP contribution in [-0.2, 0) is 0 Å². The second-order valence-electron chi connectivity index (χ2n) is 4.53. The van der Waals surface area contributed by atoms with Gasteiger partial charge in [-0.1, -0.05) is 12.1 Å². The van der Waals surface area contributed by atoms with E-state index in [4.69, 9.17) is 5.73 Å². The van der Waals surface area contributed by atoms with Crippen LogP contribution in [0.3, 0.4) is 0 Å². The fourth-order valence-electron chi connectivity index (χ4n) is 1.79. The fourth-order valence-corrected chi connectivity index (χ4v) is 1.79. The van der Waals surface area contributed by atoms with E-state index < -0.39 is 17.5 Å². The molecule has 0 saturated heterocycles. The van der Waals surface area contributed by atoms with E-state index in [2.05, 4.69) is 5.32 Å². The second kappa shape index (κ2) is 5.71. The molecule has 20 heavy (non-hydrogen) atoms. The largest absolute Gasteiger partial charge is 0.507 e. The van der Waals surface area contributed by atoms with Crippen molar-refractivity contribution in [3.05, 3.63) is 59.4 Å². The van der Waals surface area contributed by atoms with Crippen molar-refractivity contribution < 1.29 is 14.3 Å². The highest BCUT2D eigenvalue weighted by Gasteiger charge is 2.12. The van der Waals surface area contributed by atoms with Crippen LogP contribution in [0.1, 0.15) is 28.9 Å². The number of carbonyl (C=O) groups excluding carboxylic acids is 1. The van der Waals surface area contributed by atoms with Crippen molar-refractivity contribution in [3.63, 3.8) is 0 Å². The number of nitrogens with two attached hydrogens (primary N) is 1. The van der Waals surface area contributed by atoms with Gasteiger partial charge in [0.2, 0.25) is 0 Å². The molecule has 0 bridgehead atoms. The minimum atomic E-state index is -0.599. The van der Waals surface area contributed by atoms with Crippen LogP contribution >= 0.6 is 0 Å². The quantitative estimate of drug-likeness (QED) is 0.805. The molecule has 0 aliphatic rings. The molecule has 0 spiro atoms. The summed E-state index contributed by atoms with van der Waals surface area (Å²) < 4.78 is 12.9. The zero-order valence-corrected chi connectivity index (χ0v) is 10.9. The number of amides is 1. The summed E-state index contributed by atoms with van der Waals surface area (Å²) in [5, 5.41) is 12.2. The van der Waals surface area contributed by atoms with Gasteiger partial charge in [0.05, 0.1) is 5.56 Å². The van der Waals surface area contributed by atoms with Gasteiger partial charge >= 0.3 is 0 Å². The van der Waals surface area contributed by atoms with Crippen molar-refractivity contribution in [3.8, 4) is 5.75 Å². The number of hydrogen-bond donors (Lipinski definition) is 3. The molecule has 0 aliphatic carbocycles. The monoisotopic (exact) mass is 274 g/mol. The molecule has 2 rings (SSSR count). The zero-order chi connectivity index (χ0) is 14.7. The van der Waals surface area contributed by atoms with E-state index in [0.717, 1.165) is 17.7 Å². The zero-order valence-electron chi connectivity index (χ0n) is 10.9. The molecule has 104 valence electrons. The number of halogens is 1. The van der Waals surface area contributed by atoms with Crippen LogP contribution in [0.5, 0.6) is 5.75 Å². The molecule has 0 fully saturated rings. The lowest BCUT2D eigenvalue weighted by molar-refractivity contribution is 0.102. The summed E-state index contributed by atoms with van der Waals surface area (Å²) in [5.74, 6) is -1.51. The van der Waals surface area contributed by atoms with E-state index >= 15 is 0 Å². The molecule has 2 aromatic rings. The number of phenols is 1. The molecule has 4 nitrogen and oxygen atoms in total. The molecule has 1 atom stereocenters. The lowest BCUT2D eigenvalue weighted by Gasteiger charge is -2.10. The fraction of sp³-hybridized carbons (Fsp3) is 0.133. The van der Waals surface area contributed by atoms with Crippen molar-refractivity contribution in [1.82, 2.24) is 0 Å². The molecule has 4 N–H and O–H groups in total. The molecule has 0 radical (unpaired) electrons. The van der Waals surface area contributed by atoms with Gasteiger partial charge in [-0.2, -0.15) is 0 Å². The Morgan fingerprint density at radius 1 is 1.30 bits per heavy atom. The summed E-state index contributed by atoms with van der Waals surface area (Å²) in [5.41, 5.74) is 7.23. The van der Waals surface area contributed by atoms with Gasteiger partial charge in [-0.05, 0) is 36.8 Å². The predicted molar refractivity (Wildman–Crippen MR) is 75.1 cm³/mol. The van der Waals surface area contributed by atoms with Crippen molar-refractivity contribution in [2.45, 2.75) is 13.0 Å². The maximum atomic E-state index is 12.9. The number of rotatable bonds is 3. The maximum Gasteiger partial charge on any atom is 0.259 e. The summed E-state index contributed by atoms with van der Waals surface area (Å²) in [7, 11) is 0. The van der Waals surface area contributed by atoms with Crippen LogP contribution < -0.4 is 11.1 Å². The van der Waals surface area contributed by atoms with Crippen molar-refractivity contribution in [2.75, 3.05) is 5.32 Å².